The SMILES string of the molecule is c1cn2cnnc2c(NCC[C@H]2CCCN2)n1. The third-order valence-corrected chi connectivity index (χ3v) is 3.16. The second-order valence-electron chi connectivity index (χ2n) is 4.35. The van der Waals surface area contributed by atoms with E-state index in [0.29, 0.717) is 6.04 Å². The number of hydrogen-bond acceptors (Lipinski definition) is 5. The smallest absolute Gasteiger partial charge is 0.203 e. The van der Waals surface area contributed by atoms with Gasteiger partial charge in [-0.05, 0) is 25.8 Å². The number of hydrogen-bond donors (Lipinski definition) is 2. The van der Waals surface area contributed by atoms with Crippen molar-refractivity contribution < 1.29 is 0 Å². The Bertz CT molecular complexity index is 487. The van der Waals surface area contributed by atoms with Crippen molar-refractivity contribution in [3.05, 3.63) is 18.7 Å². The highest BCUT2D eigenvalue weighted by molar-refractivity contribution is 5.61. The summed E-state index contributed by atoms with van der Waals surface area (Å²) in [4.78, 5) is 4.29. The lowest BCUT2D eigenvalue weighted by Crippen LogP contribution is -2.24. The van der Waals surface area contributed by atoms with Crippen molar-refractivity contribution in [2.75, 3.05) is 18.4 Å². The van der Waals surface area contributed by atoms with Gasteiger partial charge in [0.25, 0.3) is 0 Å². The van der Waals surface area contributed by atoms with Crippen molar-refractivity contribution in [1.29, 1.82) is 0 Å². The zero-order valence-corrected chi connectivity index (χ0v) is 9.63. The fourth-order valence-electron chi connectivity index (χ4n) is 2.25. The largest absolute Gasteiger partial charge is 0.367 e. The van der Waals surface area contributed by atoms with Crippen LogP contribution in [0.4, 0.5) is 5.82 Å². The molecule has 1 aliphatic heterocycles. The lowest BCUT2D eigenvalue weighted by Gasteiger charge is -2.11. The van der Waals surface area contributed by atoms with E-state index in [-0.39, 0.29) is 0 Å². The molecule has 2 aromatic rings. The number of anilines is 1. The normalized spacial score (nSPS) is 19.9. The number of nitrogens with zero attached hydrogens (tertiary/aromatic N) is 4. The third-order valence-electron chi connectivity index (χ3n) is 3.16. The standard InChI is InChI=1S/C11H16N6/c1-2-9(12-4-1)3-5-13-10-11-16-15-8-17(11)7-6-14-10/h6-9,12H,1-5H2,(H,13,14)/t9-/m1/s1. The van der Waals surface area contributed by atoms with Gasteiger partial charge in [0.15, 0.2) is 5.82 Å². The molecule has 90 valence electrons. The van der Waals surface area contributed by atoms with E-state index in [9.17, 15) is 0 Å². The van der Waals surface area contributed by atoms with E-state index in [0.717, 1.165) is 31.0 Å². The van der Waals surface area contributed by atoms with Crippen LogP contribution in [0.1, 0.15) is 19.3 Å². The summed E-state index contributed by atoms with van der Waals surface area (Å²) in [6.45, 7) is 2.07. The number of fused-ring (bicyclic) bond motifs is 1. The van der Waals surface area contributed by atoms with E-state index in [2.05, 4.69) is 25.8 Å². The summed E-state index contributed by atoms with van der Waals surface area (Å²) in [5.74, 6) is 0.808. The van der Waals surface area contributed by atoms with Gasteiger partial charge in [0.2, 0.25) is 5.65 Å². The molecule has 1 saturated heterocycles. The highest BCUT2D eigenvalue weighted by Crippen LogP contribution is 2.12. The molecule has 6 nitrogen and oxygen atoms in total. The van der Waals surface area contributed by atoms with Gasteiger partial charge in [-0.3, -0.25) is 4.40 Å². The topological polar surface area (TPSA) is 67.1 Å². The average Bonchev–Trinajstić information content (AvgIpc) is 2.99. The molecule has 6 heteroatoms. The minimum Gasteiger partial charge on any atom is -0.367 e. The number of nitrogens with one attached hydrogen (secondary N) is 2. The molecule has 1 atom stereocenters. The molecule has 1 aliphatic rings. The van der Waals surface area contributed by atoms with E-state index in [4.69, 9.17) is 0 Å². The highest BCUT2D eigenvalue weighted by atomic mass is 15.2. The van der Waals surface area contributed by atoms with Crippen molar-refractivity contribution in [3.63, 3.8) is 0 Å². The summed E-state index contributed by atoms with van der Waals surface area (Å²) in [6.07, 6.45) is 8.98. The maximum absolute atomic E-state index is 4.29. The van der Waals surface area contributed by atoms with Crippen LogP contribution in [0.25, 0.3) is 5.65 Å². The Morgan fingerprint density at radius 3 is 3.41 bits per heavy atom. The average molecular weight is 232 g/mol. The Labute approximate surface area is 99.5 Å². The van der Waals surface area contributed by atoms with Gasteiger partial charge in [0.05, 0.1) is 0 Å². The van der Waals surface area contributed by atoms with E-state index in [1.54, 1.807) is 12.5 Å². The molecular formula is C11H16N6. The summed E-state index contributed by atoms with van der Waals surface area (Å²) < 4.78 is 1.86. The molecule has 3 rings (SSSR count). The Balaban J connectivity index is 1.62. The second kappa shape index (κ2) is 4.67. The Hall–Kier alpha value is -1.69. The zero-order chi connectivity index (χ0) is 11.5. The van der Waals surface area contributed by atoms with Crippen molar-refractivity contribution in [2.24, 2.45) is 0 Å². The summed E-state index contributed by atoms with van der Waals surface area (Å²) in [7, 11) is 0. The molecular weight excluding hydrogens is 216 g/mol. The summed E-state index contributed by atoms with van der Waals surface area (Å²) in [5, 5.41) is 14.7. The van der Waals surface area contributed by atoms with Crippen LogP contribution >= 0.6 is 0 Å². The second-order valence-corrected chi connectivity index (χ2v) is 4.35. The third kappa shape index (κ3) is 2.21. The Morgan fingerprint density at radius 2 is 2.53 bits per heavy atom. The van der Waals surface area contributed by atoms with Crippen LogP contribution in [0.2, 0.25) is 0 Å². The van der Waals surface area contributed by atoms with Gasteiger partial charge in [0, 0.05) is 25.0 Å². The van der Waals surface area contributed by atoms with Gasteiger partial charge in [-0.2, -0.15) is 0 Å². The first-order valence-corrected chi connectivity index (χ1v) is 6.05. The summed E-state index contributed by atoms with van der Waals surface area (Å²) in [5.41, 5.74) is 0.784. The maximum Gasteiger partial charge on any atom is 0.203 e. The molecule has 0 spiro atoms. The predicted molar refractivity (Wildman–Crippen MR) is 64.9 cm³/mol. The summed E-state index contributed by atoms with van der Waals surface area (Å²) in [6, 6.07) is 0.653. The van der Waals surface area contributed by atoms with Gasteiger partial charge in [-0.25, -0.2) is 4.98 Å². The van der Waals surface area contributed by atoms with Gasteiger partial charge < -0.3 is 10.6 Å². The molecule has 3 heterocycles. The van der Waals surface area contributed by atoms with Crippen LogP contribution in [0.15, 0.2) is 18.7 Å². The quantitative estimate of drug-likeness (QED) is 0.811. The Kier molecular flexibility index (Phi) is 2.87. The monoisotopic (exact) mass is 232 g/mol. The van der Waals surface area contributed by atoms with Crippen LogP contribution in [0.5, 0.6) is 0 Å². The lowest BCUT2D eigenvalue weighted by atomic mass is 10.1. The van der Waals surface area contributed by atoms with E-state index < -0.39 is 0 Å². The first-order valence-electron chi connectivity index (χ1n) is 6.05. The molecule has 0 aliphatic carbocycles. The predicted octanol–water partition coefficient (Wildman–Crippen LogP) is 0.678. The molecule has 0 radical (unpaired) electrons. The molecule has 1 fully saturated rings. The molecule has 2 aromatic heterocycles. The van der Waals surface area contributed by atoms with Crippen molar-refractivity contribution >= 4 is 11.5 Å². The van der Waals surface area contributed by atoms with Gasteiger partial charge in [-0.15, -0.1) is 10.2 Å². The Morgan fingerprint density at radius 1 is 1.53 bits per heavy atom. The van der Waals surface area contributed by atoms with Crippen LogP contribution in [0, 0.1) is 0 Å². The van der Waals surface area contributed by atoms with Gasteiger partial charge >= 0.3 is 0 Å². The molecule has 17 heavy (non-hydrogen) atoms. The molecule has 0 bridgehead atoms. The van der Waals surface area contributed by atoms with Crippen LogP contribution in [0.3, 0.4) is 0 Å². The maximum atomic E-state index is 4.29. The fraction of sp³-hybridized carbons (Fsp3) is 0.545. The van der Waals surface area contributed by atoms with Crippen molar-refractivity contribution in [2.45, 2.75) is 25.3 Å². The van der Waals surface area contributed by atoms with E-state index in [1.807, 2.05) is 10.6 Å². The van der Waals surface area contributed by atoms with Crippen LogP contribution < -0.4 is 10.6 Å². The van der Waals surface area contributed by atoms with Crippen molar-refractivity contribution in [3.8, 4) is 0 Å². The molecule has 0 amide bonds. The lowest BCUT2D eigenvalue weighted by molar-refractivity contribution is 0.574. The highest BCUT2D eigenvalue weighted by Gasteiger charge is 2.13. The first-order chi connectivity index (χ1) is 8.43. The number of rotatable bonds is 4. The zero-order valence-electron chi connectivity index (χ0n) is 9.63. The number of aromatic nitrogens is 4. The molecule has 0 unspecified atom stereocenters. The summed E-state index contributed by atoms with van der Waals surface area (Å²) >= 11 is 0. The fourth-order valence-corrected chi connectivity index (χ4v) is 2.25. The van der Waals surface area contributed by atoms with Crippen LogP contribution in [-0.2, 0) is 0 Å². The van der Waals surface area contributed by atoms with E-state index in [1.165, 1.54) is 12.8 Å². The molecule has 0 saturated carbocycles. The first kappa shape index (κ1) is 10.5. The van der Waals surface area contributed by atoms with Crippen molar-refractivity contribution in [1.82, 2.24) is 24.9 Å². The minimum absolute atomic E-state index is 0.653. The van der Waals surface area contributed by atoms with Crippen LogP contribution in [-0.4, -0.2) is 38.7 Å². The minimum atomic E-state index is 0.653. The van der Waals surface area contributed by atoms with Gasteiger partial charge in [-0.1, -0.05) is 0 Å². The van der Waals surface area contributed by atoms with E-state index >= 15 is 0 Å². The molecule has 2 N–H and O–H groups in total. The van der Waals surface area contributed by atoms with Gasteiger partial charge in [0.1, 0.15) is 6.33 Å². The molecule has 0 aromatic carbocycles.